The fraction of sp³-hybridized carbons (Fsp3) is 0.727. The molecular formula is C11H19F2N5S. The molecule has 0 spiro atoms. The van der Waals surface area contributed by atoms with Crippen molar-refractivity contribution in [2.24, 2.45) is 0 Å². The van der Waals surface area contributed by atoms with Crippen LogP contribution in [0.15, 0.2) is 5.16 Å². The molecule has 0 saturated carbocycles. The van der Waals surface area contributed by atoms with Crippen LogP contribution in [0, 0.1) is 0 Å². The lowest BCUT2D eigenvalue weighted by Gasteiger charge is -2.14. The van der Waals surface area contributed by atoms with Gasteiger partial charge in [-0.3, -0.25) is 0 Å². The van der Waals surface area contributed by atoms with Crippen LogP contribution in [0.25, 0.3) is 0 Å². The topological polar surface area (TPSA) is 62.7 Å². The van der Waals surface area contributed by atoms with E-state index in [1.807, 2.05) is 13.8 Å². The van der Waals surface area contributed by atoms with E-state index < -0.39 is 5.76 Å². The summed E-state index contributed by atoms with van der Waals surface area (Å²) in [6.45, 7) is 6.58. The molecule has 0 bridgehead atoms. The summed E-state index contributed by atoms with van der Waals surface area (Å²) in [5.41, 5.74) is 0. The van der Waals surface area contributed by atoms with E-state index in [0.29, 0.717) is 30.2 Å². The Kier molecular flexibility index (Phi) is 6.75. The van der Waals surface area contributed by atoms with E-state index in [1.165, 1.54) is 0 Å². The summed E-state index contributed by atoms with van der Waals surface area (Å²) in [5, 5.41) is 6.02. The highest BCUT2D eigenvalue weighted by Gasteiger charge is 2.13. The van der Waals surface area contributed by atoms with Crippen LogP contribution >= 0.6 is 11.8 Å². The van der Waals surface area contributed by atoms with Crippen LogP contribution in [-0.2, 0) is 0 Å². The molecule has 5 nitrogen and oxygen atoms in total. The first kappa shape index (κ1) is 15.9. The smallest absolute Gasteiger partial charge is 0.291 e. The summed E-state index contributed by atoms with van der Waals surface area (Å²) in [6.07, 6.45) is 1.98. The van der Waals surface area contributed by atoms with E-state index in [0.717, 1.165) is 12.8 Å². The summed E-state index contributed by atoms with van der Waals surface area (Å²) < 4.78 is 24.7. The van der Waals surface area contributed by atoms with Crippen LogP contribution in [0.3, 0.4) is 0 Å². The van der Waals surface area contributed by atoms with Gasteiger partial charge in [-0.25, -0.2) is 0 Å². The molecule has 0 aliphatic heterocycles. The van der Waals surface area contributed by atoms with Crippen molar-refractivity contribution >= 4 is 23.7 Å². The normalized spacial score (nSPS) is 12.5. The van der Waals surface area contributed by atoms with Gasteiger partial charge in [-0.2, -0.15) is 23.7 Å². The molecule has 1 rings (SSSR count). The number of halogens is 2. The zero-order chi connectivity index (χ0) is 14.3. The maximum Gasteiger partial charge on any atom is 0.291 e. The molecule has 108 valence electrons. The van der Waals surface area contributed by atoms with E-state index in [1.54, 1.807) is 0 Å². The van der Waals surface area contributed by atoms with Gasteiger partial charge >= 0.3 is 0 Å². The fourth-order valence-electron chi connectivity index (χ4n) is 1.52. The fourth-order valence-corrected chi connectivity index (χ4v) is 1.95. The maximum absolute atomic E-state index is 12.4. The number of rotatable bonds is 8. The van der Waals surface area contributed by atoms with Crippen molar-refractivity contribution < 1.29 is 8.78 Å². The molecule has 1 aromatic heterocycles. The van der Waals surface area contributed by atoms with Gasteiger partial charge in [0.05, 0.1) is 0 Å². The van der Waals surface area contributed by atoms with Gasteiger partial charge in [0.25, 0.3) is 5.76 Å². The Morgan fingerprint density at radius 3 is 2.42 bits per heavy atom. The van der Waals surface area contributed by atoms with E-state index in [9.17, 15) is 8.78 Å². The van der Waals surface area contributed by atoms with E-state index in [4.69, 9.17) is 0 Å². The van der Waals surface area contributed by atoms with Crippen molar-refractivity contribution in [2.75, 3.05) is 17.2 Å². The highest BCUT2D eigenvalue weighted by molar-refractivity contribution is 7.99. The van der Waals surface area contributed by atoms with Crippen molar-refractivity contribution in [3.8, 4) is 0 Å². The third-order valence-electron chi connectivity index (χ3n) is 2.24. The van der Waals surface area contributed by atoms with E-state index in [-0.39, 0.29) is 11.2 Å². The molecule has 0 aromatic carbocycles. The molecule has 1 heterocycles. The molecular weight excluding hydrogens is 272 g/mol. The zero-order valence-corrected chi connectivity index (χ0v) is 12.1. The largest absolute Gasteiger partial charge is 0.354 e. The summed E-state index contributed by atoms with van der Waals surface area (Å²) in [7, 11) is 0. The van der Waals surface area contributed by atoms with E-state index >= 15 is 0 Å². The second-order valence-electron chi connectivity index (χ2n) is 4.01. The van der Waals surface area contributed by atoms with Gasteiger partial charge in [-0.05, 0) is 32.0 Å². The second kappa shape index (κ2) is 8.08. The molecule has 8 heteroatoms. The van der Waals surface area contributed by atoms with Gasteiger partial charge < -0.3 is 10.6 Å². The lowest BCUT2D eigenvalue weighted by atomic mass is 10.2. The monoisotopic (exact) mass is 291 g/mol. The Bertz CT molecular complexity index is 391. The first-order chi connectivity index (χ1) is 9.05. The molecule has 0 saturated heterocycles. The molecule has 0 aliphatic carbocycles. The third kappa shape index (κ3) is 6.00. The zero-order valence-electron chi connectivity index (χ0n) is 11.3. The number of anilines is 2. The van der Waals surface area contributed by atoms with Crippen LogP contribution in [0.4, 0.5) is 20.7 Å². The standard InChI is InChI=1S/C11H19F2N5S/c1-4-6-7(3)15-10-16-9(14-5-2)17-11(18-10)19-8(12)13/h7-8H,4-6H2,1-3H3,(H2,14,15,16,17,18). The molecule has 1 aromatic rings. The average molecular weight is 291 g/mol. The first-order valence-corrected chi connectivity index (χ1v) is 7.14. The summed E-state index contributed by atoms with van der Waals surface area (Å²) in [6, 6.07) is 0.186. The number of alkyl halides is 2. The van der Waals surface area contributed by atoms with Crippen molar-refractivity contribution in [3.63, 3.8) is 0 Å². The first-order valence-electron chi connectivity index (χ1n) is 6.26. The lowest BCUT2D eigenvalue weighted by Crippen LogP contribution is -2.18. The molecule has 1 atom stereocenters. The summed E-state index contributed by atoms with van der Waals surface area (Å²) >= 11 is 0.318. The Balaban J connectivity index is 2.85. The minimum absolute atomic E-state index is 0.0205. The van der Waals surface area contributed by atoms with Crippen LogP contribution in [-0.4, -0.2) is 33.3 Å². The number of nitrogens with one attached hydrogen (secondary N) is 2. The molecule has 2 N–H and O–H groups in total. The second-order valence-corrected chi connectivity index (χ2v) is 4.97. The van der Waals surface area contributed by atoms with Gasteiger partial charge in [0.2, 0.25) is 11.9 Å². The van der Waals surface area contributed by atoms with Crippen molar-refractivity contribution in [2.45, 2.75) is 50.6 Å². The highest BCUT2D eigenvalue weighted by Crippen LogP contribution is 2.23. The van der Waals surface area contributed by atoms with Gasteiger partial charge in [0.1, 0.15) is 0 Å². The highest BCUT2D eigenvalue weighted by atomic mass is 32.2. The molecule has 0 fully saturated rings. The Hall–Kier alpha value is -1.18. The average Bonchev–Trinajstić information content (AvgIpc) is 2.28. The van der Waals surface area contributed by atoms with Crippen molar-refractivity contribution in [1.82, 2.24) is 15.0 Å². The predicted molar refractivity (Wildman–Crippen MR) is 73.8 cm³/mol. The maximum atomic E-state index is 12.4. The summed E-state index contributed by atoms with van der Waals surface area (Å²) in [5.74, 6) is -1.90. The van der Waals surface area contributed by atoms with Crippen LogP contribution in [0.1, 0.15) is 33.6 Å². The Morgan fingerprint density at radius 2 is 1.84 bits per heavy atom. The Labute approximate surface area is 116 Å². The summed E-state index contributed by atoms with van der Waals surface area (Å²) in [4.78, 5) is 12.1. The quantitative estimate of drug-likeness (QED) is 0.717. The minimum Gasteiger partial charge on any atom is -0.354 e. The number of nitrogens with zero attached hydrogens (tertiary/aromatic N) is 3. The van der Waals surface area contributed by atoms with Gasteiger partial charge in [-0.1, -0.05) is 13.3 Å². The molecule has 1 unspecified atom stereocenters. The Morgan fingerprint density at radius 1 is 1.16 bits per heavy atom. The third-order valence-corrected chi connectivity index (χ3v) is 2.81. The number of thioether (sulfide) groups is 1. The molecule has 0 radical (unpaired) electrons. The van der Waals surface area contributed by atoms with E-state index in [2.05, 4.69) is 32.5 Å². The van der Waals surface area contributed by atoms with Crippen LogP contribution < -0.4 is 10.6 Å². The predicted octanol–water partition coefficient (Wildman–Crippen LogP) is 3.22. The van der Waals surface area contributed by atoms with Crippen molar-refractivity contribution in [1.29, 1.82) is 0 Å². The van der Waals surface area contributed by atoms with Gasteiger partial charge in [-0.15, -0.1) is 0 Å². The van der Waals surface area contributed by atoms with Gasteiger partial charge in [0.15, 0.2) is 5.16 Å². The molecule has 0 amide bonds. The lowest BCUT2D eigenvalue weighted by molar-refractivity contribution is 0.251. The number of hydrogen-bond donors (Lipinski definition) is 2. The number of aromatic nitrogens is 3. The molecule has 19 heavy (non-hydrogen) atoms. The SMILES string of the molecule is CCCC(C)Nc1nc(NCC)nc(SC(F)F)n1. The van der Waals surface area contributed by atoms with Crippen molar-refractivity contribution in [3.05, 3.63) is 0 Å². The molecule has 0 aliphatic rings. The minimum atomic E-state index is -2.54. The van der Waals surface area contributed by atoms with Gasteiger partial charge in [0, 0.05) is 12.6 Å². The number of hydrogen-bond acceptors (Lipinski definition) is 6. The van der Waals surface area contributed by atoms with Crippen LogP contribution in [0.5, 0.6) is 0 Å². The van der Waals surface area contributed by atoms with Crippen LogP contribution in [0.2, 0.25) is 0 Å².